The van der Waals surface area contributed by atoms with Crippen LogP contribution >= 0.6 is 0 Å². The quantitative estimate of drug-likeness (QED) is 0.565. The van der Waals surface area contributed by atoms with Crippen molar-refractivity contribution in [2.75, 3.05) is 33.5 Å². The highest BCUT2D eigenvalue weighted by molar-refractivity contribution is 4.95. The molecule has 0 aromatic rings. The Kier molecular flexibility index (Phi) is 5.38. The Labute approximate surface area is 109 Å². The molecular weight excluding hydrogens is 232 g/mol. The summed E-state index contributed by atoms with van der Waals surface area (Å²) in [5, 5.41) is 0. The zero-order chi connectivity index (χ0) is 12.8. The largest absolute Gasteiger partial charge is 0.381 e. The van der Waals surface area contributed by atoms with Crippen molar-refractivity contribution >= 4 is 0 Å². The van der Waals surface area contributed by atoms with Crippen LogP contribution in [0.4, 0.5) is 0 Å². The Morgan fingerprint density at radius 2 is 1.83 bits per heavy atom. The van der Waals surface area contributed by atoms with Gasteiger partial charge in [-0.3, -0.25) is 11.3 Å². The summed E-state index contributed by atoms with van der Waals surface area (Å²) < 4.78 is 16.7. The van der Waals surface area contributed by atoms with Crippen LogP contribution in [0.1, 0.15) is 32.1 Å². The Morgan fingerprint density at radius 3 is 2.39 bits per heavy atom. The third-order valence-corrected chi connectivity index (χ3v) is 4.49. The molecule has 0 aliphatic carbocycles. The van der Waals surface area contributed by atoms with Gasteiger partial charge in [0.15, 0.2) is 0 Å². The van der Waals surface area contributed by atoms with E-state index in [-0.39, 0.29) is 11.6 Å². The summed E-state index contributed by atoms with van der Waals surface area (Å²) >= 11 is 0. The number of hydrazine groups is 1. The molecule has 2 aliphatic heterocycles. The number of hydrogen-bond donors (Lipinski definition) is 2. The number of methoxy groups -OCH3 is 1. The van der Waals surface area contributed by atoms with Crippen LogP contribution in [-0.2, 0) is 14.2 Å². The lowest BCUT2D eigenvalue weighted by atomic mass is 9.80. The normalized spacial score (nSPS) is 27.0. The van der Waals surface area contributed by atoms with Gasteiger partial charge in [-0.1, -0.05) is 0 Å². The first-order chi connectivity index (χ1) is 8.80. The van der Waals surface area contributed by atoms with E-state index < -0.39 is 0 Å². The molecule has 5 nitrogen and oxygen atoms in total. The minimum Gasteiger partial charge on any atom is -0.381 e. The van der Waals surface area contributed by atoms with E-state index in [1.807, 2.05) is 0 Å². The summed E-state index contributed by atoms with van der Waals surface area (Å²) in [4.78, 5) is 0. The summed E-state index contributed by atoms with van der Waals surface area (Å²) in [6, 6.07) is 0.203. The van der Waals surface area contributed by atoms with Gasteiger partial charge in [0, 0.05) is 46.4 Å². The molecule has 0 aromatic carbocycles. The Bertz CT molecular complexity index is 238. The van der Waals surface area contributed by atoms with Gasteiger partial charge in [-0.25, -0.2) is 0 Å². The van der Waals surface area contributed by atoms with Gasteiger partial charge < -0.3 is 14.2 Å². The molecule has 18 heavy (non-hydrogen) atoms. The van der Waals surface area contributed by atoms with Gasteiger partial charge in [-0.05, 0) is 25.2 Å². The lowest BCUT2D eigenvalue weighted by Crippen LogP contribution is -2.57. The van der Waals surface area contributed by atoms with Crippen molar-refractivity contribution in [3.8, 4) is 0 Å². The number of rotatable bonds is 5. The molecule has 2 aliphatic rings. The van der Waals surface area contributed by atoms with E-state index in [1.165, 1.54) is 0 Å². The Balaban J connectivity index is 1.96. The average molecular weight is 258 g/mol. The zero-order valence-electron chi connectivity index (χ0n) is 11.3. The molecule has 3 N–H and O–H groups in total. The summed E-state index contributed by atoms with van der Waals surface area (Å²) in [7, 11) is 1.79. The fourth-order valence-electron chi connectivity index (χ4n) is 3.16. The van der Waals surface area contributed by atoms with Crippen molar-refractivity contribution in [2.24, 2.45) is 11.8 Å². The van der Waals surface area contributed by atoms with Crippen LogP contribution in [0.15, 0.2) is 0 Å². The third-order valence-electron chi connectivity index (χ3n) is 4.49. The van der Waals surface area contributed by atoms with E-state index in [0.29, 0.717) is 5.92 Å². The van der Waals surface area contributed by atoms with Crippen LogP contribution in [0, 0.1) is 5.92 Å². The summed E-state index contributed by atoms with van der Waals surface area (Å²) in [6.07, 6.45) is 5.17. The molecule has 2 rings (SSSR count). The molecule has 0 saturated carbocycles. The Morgan fingerprint density at radius 1 is 1.22 bits per heavy atom. The smallest absolute Gasteiger partial charge is 0.0888 e. The molecule has 0 amide bonds. The topological polar surface area (TPSA) is 65.7 Å². The standard InChI is InChI=1S/C13H26N2O3/c1-16-13(4-8-18-9-5-13)12(15-14)10-11-2-6-17-7-3-11/h11-12,15H,2-10,14H2,1H3. The zero-order valence-corrected chi connectivity index (χ0v) is 11.3. The van der Waals surface area contributed by atoms with E-state index in [4.69, 9.17) is 20.1 Å². The van der Waals surface area contributed by atoms with Gasteiger partial charge in [0.2, 0.25) is 0 Å². The highest BCUT2D eigenvalue weighted by atomic mass is 16.5. The van der Waals surface area contributed by atoms with E-state index >= 15 is 0 Å². The second-order valence-corrected chi connectivity index (χ2v) is 5.39. The van der Waals surface area contributed by atoms with Crippen molar-refractivity contribution < 1.29 is 14.2 Å². The SMILES string of the molecule is COC1(C(CC2CCOCC2)NN)CCOCC1. The molecule has 0 bridgehead atoms. The second kappa shape index (κ2) is 6.82. The monoisotopic (exact) mass is 258 g/mol. The second-order valence-electron chi connectivity index (χ2n) is 5.39. The number of nitrogens with one attached hydrogen (secondary N) is 1. The summed E-state index contributed by atoms with van der Waals surface area (Å²) in [5.74, 6) is 6.47. The molecule has 0 aromatic heterocycles. The predicted molar refractivity (Wildman–Crippen MR) is 69.1 cm³/mol. The molecule has 2 saturated heterocycles. The van der Waals surface area contributed by atoms with E-state index in [0.717, 1.165) is 58.5 Å². The third kappa shape index (κ3) is 3.22. The molecule has 1 unspecified atom stereocenters. The fourth-order valence-corrected chi connectivity index (χ4v) is 3.16. The van der Waals surface area contributed by atoms with Gasteiger partial charge in [-0.2, -0.15) is 0 Å². The van der Waals surface area contributed by atoms with Crippen molar-refractivity contribution in [2.45, 2.75) is 43.7 Å². The molecular formula is C13H26N2O3. The molecule has 5 heteroatoms. The van der Waals surface area contributed by atoms with Crippen molar-refractivity contribution in [1.29, 1.82) is 0 Å². The number of hydrogen-bond acceptors (Lipinski definition) is 5. The van der Waals surface area contributed by atoms with Crippen LogP contribution in [0.3, 0.4) is 0 Å². The molecule has 1 atom stereocenters. The lowest BCUT2D eigenvalue weighted by Gasteiger charge is -2.43. The van der Waals surface area contributed by atoms with Crippen LogP contribution in [0.2, 0.25) is 0 Å². The van der Waals surface area contributed by atoms with Crippen LogP contribution in [0.5, 0.6) is 0 Å². The molecule has 0 spiro atoms. The van der Waals surface area contributed by atoms with Gasteiger partial charge in [-0.15, -0.1) is 0 Å². The predicted octanol–water partition coefficient (Wildman–Crippen LogP) is 0.831. The lowest BCUT2D eigenvalue weighted by molar-refractivity contribution is -0.115. The van der Waals surface area contributed by atoms with E-state index in [2.05, 4.69) is 5.43 Å². The summed E-state index contributed by atoms with van der Waals surface area (Å²) in [6.45, 7) is 3.29. The molecule has 2 heterocycles. The van der Waals surface area contributed by atoms with Gasteiger partial charge in [0.05, 0.1) is 11.6 Å². The number of ether oxygens (including phenoxy) is 3. The Hall–Kier alpha value is -0.200. The van der Waals surface area contributed by atoms with Crippen LogP contribution in [0.25, 0.3) is 0 Å². The van der Waals surface area contributed by atoms with E-state index in [9.17, 15) is 0 Å². The first kappa shape index (κ1) is 14.2. The van der Waals surface area contributed by atoms with Crippen molar-refractivity contribution in [3.05, 3.63) is 0 Å². The maximum atomic E-state index is 5.82. The molecule has 2 fully saturated rings. The maximum Gasteiger partial charge on any atom is 0.0888 e. The first-order valence-electron chi connectivity index (χ1n) is 6.97. The molecule has 0 radical (unpaired) electrons. The summed E-state index contributed by atoms with van der Waals surface area (Å²) in [5.41, 5.74) is 2.83. The molecule has 106 valence electrons. The highest BCUT2D eigenvalue weighted by Gasteiger charge is 2.41. The van der Waals surface area contributed by atoms with Gasteiger partial charge in [0.1, 0.15) is 0 Å². The average Bonchev–Trinajstić information content (AvgIpc) is 2.46. The van der Waals surface area contributed by atoms with Crippen LogP contribution in [-0.4, -0.2) is 45.2 Å². The maximum absolute atomic E-state index is 5.82. The van der Waals surface area contributed by atoms with Crippen molar-refractivity contribution in [1.82, 2.24) is 5.43 Å². The highest BCUT2D eigenvalue weighted by Crippen LogP contribution is 2.33. The first-order valence-corrected chi connectivity index (χ1v) is 6.97. The van der Waals surface area contributed by atoms with Crippen LogP contribution < -0.4 is 11.3 Å². The number of nitrogens with two attached hydrogens (primary N) is 1. The van der Waals surface area contributed by atoms with E-state index in [1.54, 1.807) is 7.11 Å². The minimum absolute atomic E-state index is 0.161. The van der Waals surface area contributed by atoms with Crippen molar-refractivity contribution in [3.63, 3.8) is 0 Å². The fraction of sp³-hybridized carbons (Fsp3) is 1.00. The van der Waals surface area contributed by atoms with Gasteiger partial charge >= 0.3 is 0 Å². The van der Waals surface area contributed by atoms with Gasteiger partial charge in [0.25, 0.3) is 0 Å². The minimum atomic E-state index is -0.161.